The van der Waals surface area contributed by atoms with Crippen molar-refractivity contribution in [2.24, 2.45) is 14.6 Å². The van der Waals surface area contributed by atoms with Crippen LogP contribution in [-0.4, -0.2) is 63.3 Å². The number of primary sulfonamides is 1. The number of hydrazone groups is 1. The summed E-state index contributed by atoms with van der Waals surface area (Å²) >= 11 is 12.1. The largest absolute Gasteiger partial charge is 0.339 e. The second-order valence-electron chi connectivity index (χ2n) is 9.30. The third kappa shape index (κ3) is 6.12. The maximum absolute atomic E-state index is 13.4. The van der Waals surface area contributed by atoms with Crippen molar-refractivity contribution in [1.82, 2.24) is 9.91 Å². The third-order valence-corrected chi connectivity index (χ3v) is 9.78. The quantitative estimate of drug-likeness (QED) is 0.347. The Hall–Kier alpha value is -2.96. The lowest BCUT2D eigenvalue weighted by atomic mass is 9.91. The highest BCUT2D eigenvalue weighted by atomic mass is 35.5. The number of hydrogen-bond acceptors (Lipinski definition) is 5. The van der Waals surface area contributed by atoms with Gasteiger partial charge in [-0.25, -0.2) is 18.6 Å². The third-order valence-electron chi connectivity index (χ3n) is 6.69. The van der Waals surface area contributed by atoms with Crippen LogP contribution < -0.4 is 5.14 Å². The Bertz CT molecular complexity index is 1630. The van der Waals surface area contributed by atoms with Crippen LogP contribution in [-0.2, 0) is 20.0 Å². The average molecular weight is 607 g/mol. The first kappa shape index (κ1) is 27.6. The molecule has 39 heavy (non-hydrogen) atoms. The molecule has 0 amide bonds. The predicted octanol–water partition coefficient (Wildman–Crippen LogP) is 3.90. The summed E-state index contributed by atoms with van der Waals surface area (Å²) in [5.74, 6) is -0.187. The van der Waals surface area contributed by atoms with E-state index in [2.05, 4.69) is 4.40 Å². The molecule has 2 N–H and O–H groups in total. The van der Waals surface area contributed by atoms with E-state index in [0.29, 0.717) is 15.8 Å². The molecule has 0 saturated carbocycles. The van der Waals surface area contributed by atoms with E-state index in [1.807, 2.05) is 42.5 Å². The van der Waals surface area contributed by atoms with E-state index in [9.17, 15) is 16.8 Å². The van der Waals surface area contributed by atoms with Crippen LogP contribution in [0.3, 0.4) is 0 Å². The minimum absolute atomic E-state index is 0.00783. The Kier molecular flexibility index (Phi) is 7.71. The van der Waals surface area contributed by atoms with Gasteiger partial charge in [-0.1, -0.05) is 65.7 Å². The van der Waals surface area contributed by atoms with Crippen LogP contribution in [0.4, 0.5) is 0 Å². The summed E-state index contributed by atoms with van der Waals surface area (Å²) in [6, 6.07) is 22.6. The Balaban J connectivity index is 1.60. The zero-order valence-electron chi connectivity index (χ0n) is 20.6. The fourth-order valence-corrected chi connectivity index (χ4v) is 6.75. The molecule has 9 nitrogen and oxygen atoms in total. The maximum Gasteiger partial charge on any atom is 0.285 e. The fourth-order valence-electron chi connectivity index (χ4n) is 4.67. The van der Waals surface area contributed by atoms with Crippen molar-refractivity contribution in [3.63, 3.8) is 0 Å². The van der Waals surface area contributed by atoms with Crippen molar-refractivity contribution in [1.29, 1.82) is 0 Å². The normalized spacial score (nSPS) is 20.4. The number of nitrogens with zero attached hydrogens (tertiary/aromatic N) is 4. The van der Waals surface area contributed by atoms with Crippen molar-refractivity contribution in [2.45, 2.75) is 22.5 Å². The highest BCUT2D eigenvalue weighted by Gasteiger charge is 2.39. The van der Waals surface area contributed by atoms with Gasteiger partial charge in [0, 0.05) is 29.1 Å². The maximum atomic E-state index is 13.4. The van der Waals surface area contributed by atoms with E-state index in [4.69, 9.17) is 33.4 Å². The van der Waals surface area contributed by atoms with Gasteiger partial charge in [-0.2, -0.15) is 13.5 Å². The molecule has 2 atom stereocenters. The number of guanidine groups is 1. The van der Waals surface area contributed by atoms with Crippen molar-refractivity contribution < 1.29 is 16.8 Å². The zero-order chi connectivity index (χ0) is 27.8. The summed E-state index contributed by atoms with van der Waals surface area (Å²) < 4.78 is 55.2. The molecule has 3 aromatic rings. The second kappa shape index (κ2) is 10.9. The lowest BCUT2D eigenvalue weighted by Gasteiger charge is -2.26. The van der Waals surface area contributed by atoms with E-state index in [-0.39, 0.29) is 42.8 Å². The number of likely N-dealkylation sites (tertiary alicyclic amines) is 1. The molecule has 0 aliphatic carbocycles. The minimum Gasteiger partial charge on any atom is -0.339 e. The van der Waals surface area contributed by atoms with Crippen LogP contribution in [0, 0.1) is 0 Å². The summed E-state index contributed by atoms with van der Waals surface area (Å²) in [6.07, 6.45) is 0.239. The van der Waals surface area contributed by atoms with E-state index in [1.165, 1.54) is 29.3 Å². The summed E-state index contributed by atoms with van der Waals surface area (Å²) in [6.45, 7) is 0.522. The number of rotatable bonds is 5. The van der Waals surface area contributed by atoms with Crippen LogP contribution in [0.5, 0.6) is 0 Å². The van der Waals surface area contributed by atoms with Crippen LogP contribution >= 0.6 is 23.2 Å². The first-order chi connectivity index (χ1) is 18.5. The number of sulfonamides is 2. The molecule has 0 aromatic heterocycles. The van der Waals surface area contributed by atoms with E-state index < -0.39 is 25.3 Å². The number of nitrogens with two attached hydrogens (primary N) is 1. The van der Waals surface area contributed by atoms with Gasteiger partial charge in [0.25, 0.3) is 10.0 Å². The number of hydrogen-bond donors (Lipinski definition) is 1. The topological polar surface area (TPSA) is 126 Å². The number of halogens is 2. The molecule has 2 aliphatic heterocycles. The van der Waals surface area contributed by atoms with Crippen molar-refractivity contribution in [3.05, 3.63) is 100 Å². The molecule has 0 spiro atoms. The van der Waals surface area contributed by atoms with Gasteiger partial charge < -0.3 is 4.90 Å². The number of benzene rings is 3. The van der Waals surface area contributed by atoms with Gasteiger partial charge in [0.1, 0.15) is 0 Å². The van der Waals surface area contributed by atoms with Gasteiger partial charge >= 0.3 is 0 Å². The smallest absolute Gasteiger partial charge is 0.285 e. The Morgan fingerprint density at radius 1 is 0.872 bits per heavy atom. The summed E-state index contributed by atoms with van der Waals surface area (Å²) in [5, 5.41) is 11.9. The molecule has 3 aromatic carbocycles. The van der Waals surface area contributed by atoms with Crippen molar-refractivity contribution in [2.75, 3.05) is 19.6 Å². The van der Waals surface area contributed by atoms with Crippen LogP contribution in [0.25, 0.3) is 0 Å². The van der Waals surface area contributed by atoms with Gasteiger partial charge in [0.15, 0.2) is 0 Å². The molecule has 204 valence electrons. The summed E-state index contributed by atoms with van der Waals surface area (Å²) in [5.41, 5.74) is 2.51. The highest BCUT2D eigenvalue weighted by Crippen LogP contribution is 2.31. The van der Waals surface area contributed by atoms with Gasteiger partial charge in [0.05, 0.1) is 22.4 Å². The van der Waals surface area contributed by atoms with E-state index >= 15 is 0 Å². The molecule has 1 fully saturated rings. The molecule has 2 heterocycles. The first-order valence-corrected chi connectivity index (χ1v) is 15.9. The fraction of sp³-hybridized carbons (Fsp3) is 0.231. The van der Waals surface area contributed by atoms with Crippen LogP contribution in [0.1, 0.15) is 23.5 Å². The Morgan fingerprint density at radius 2 is 1.49 bits per heavy atom. The van der Waals surface area contributed by atoms with Gasteiger partial charge in [-0.05, 0) is 53.9 Å². The molecule has 0 radical (unpaired) electrons. The van der Waals surface area contributed by atoms with Crippen LogP contribution in [0.15, 0.2) is 93.3 Å². The van der Waals surface area contributed by atoms with Crippen molar-refractivity contribution in [3.8, 4) is 0 Å². The molecular weight excluding hydrogens is 581 g/mol. The Labute approximate surface area is 237 Å². The first-order valence-electron chi connectivity index (χ1n) is 12.1. The molecule has 5 rings (SSSR count). The Morgan fingerprint density at radius 3 is 2.08 bits per heavy atom. The van der Waals surface area contributed by atoms with Crippen molar-refractivity contribution >= 4 is 54.9 Å². The SMILES string of the molecule is NS(=O)(=O)[C@H]1CCN(/C(=N/S(=O)(=O)c2ccc(Cl)cc2)N2C[C@@H](c3ccccc3)C(c3ccc(Cl)cc3)=N2)C1. The van der Waals surface area contributed by atoms with E-state index in [0.717, 1.165) is 11.1 Å². The average Bonchev–Trinajstić information content (AvgIpc) is 3.57. The standard InChI is InChI=1S/C26H25Cl2N5O4S2/c27-20-8-6-19(7-9-20)25-24(18-4-2-1-3-5-18)17-33(30-25)26(32-15-14-23(16-32)38(29,34)35)31-39(36,37)22-12-10-21(28)11-13-22/h1-13,23-24H,14-17H2,(H2,29,34,35)/b31-26-/t23-,24-/m0/s1. The molecular formula is C26H25Cl2N5O4S2. The molecule has 2 aliphatic rings. The zero-order valence-corrected chi connectivity index (χ0v) is 23.7. The molecule has 13 heteroatoms. The van der Waals surface area contributed by atoms with Gasteiger partial charge in [-0.15, -0.1) is 4.40 Å². The van der Waals surface area contributed by atoms with Gasteiger partial charge in [-0.3, -0.25) is 0 Å². The lowest BCUT2D eigenvalue weighted by Crippen LogP contribution is -2.42. The highest BCUT2D eigenvalue weighted by molar-refractivity contribution is 7.90. The summed E-state index contributed by atoms with van der Waals surface area (Å²) in [7, 11) is -8.03. The summed E-state index contributed by atoms with van der Waals surface area (Å²) in [4.78, 5) is 1.56. The minimum atomic E-state index is -4.20. The molecule has 0 unspecified atom stereocenters. The predicted molar refractivity (Wildman–Crippen MR) is 153 cm³/mol. The monoisotopic (exact) mass is 605 g/mol. The molecule has 1 saturated heterocycles. The van der Waals surface area contributed by atoms with Gasteiger partial charge in [0.2, 0.25) is 16.0 Å². The van der Waals surface area contributed by atoms with Crippen LogP contribution in [0.2, 0.25) is 10.0 Å². The molecule has 0 bridgehead atoms. The lowest BCUT2D eigenvalue weighted by molar-refractivity contribution is 0.376. The van der Waals surface area contributed by atoms with E-state index in [1.54, 1.807) is 17.0 Å². The second-order valence-corrected chi connectivity index (χ2v) is 13.6.